The molecule has 0 saturated carbocycles. The Morgan fingerprint density at radius 2 is 1.94 bits per heavy atom. The Morgan fingerprint density at radius 3 is 2.44 bits per heavy atom. The highest BCUT2D eigenvalue weighted by Gasteiger charge is 2.46. The van der Waals surface area contributed by atoms with Gasteiger partial charge in [-0.05, 0) is 0 Å². The fourth-order valence-corrected chi connectivity index (χ4v) is 3.42. The topological polar surface area (TPSA) is 228 Å². The zero-order chi connectivity index (χ0) is 24.1. The molecule has 1 aliphatic heterocycles. The van der Waals surface area contributed by atoms with E-state index in [0.29, 0.717) is 0 Å². The minimum absolute atomic E-state index is 0.0120. The van der Waals surface area contributed by atoms with Gasteiger partial charge in [0, 0.05) is 12.8 Å². The average Bonchev–Trinajstić information content (AvgIpc) is 3.02. The van der Waals surface area contributed by atoms with Crippen molar-refractivity contribution in [2.75, 3.05) is 33.5 Å². The van der Waals surface area contributed by atoms with Gasteiger partial charge in [0.1, 0.15) is 30.9 Å². The fourth-order valence-electron chi connectivity index (χ4n) is 3.42. The van der Waals surface area contributed by atoms with E-state index < -0.39 is 74.5 Å². The second-order valence-corrected chi connectivity index (χ2v) is 7.48. The van der Waals surface area contributed by atoms with E-state index in [1.54, 1.807) is 0 Å². The van der Waals surface area contributed by atoms with Crippen LogP contribution in [0, 0.1) is 0 Å². The van der Waals surface area contributed by atoms with Gasteiger partial charge in [-0.3, -0.25) is 9.79 Å². The first kappa shape index (κ1) is 25.9. The minimum atomic E-state index is -1.77. The molecule has 14 nitrogen and oxygen atoms in total. The highest BCUT2D eigenvalue weighted by atomic mass is 16.7. The average molecular weight is 464 g/mol. The van der Waals surface area contributed by atoms with Gasteiger partial charge in [0.25, 0.3) is 0 Å². The summed E-state index contributed by atoms with van der Waals surface area (Å²) in [5.74, 6) is -2.61. The van der Waals surface area contributed by atoms with Crippen LogP contribution >= 0.6 is 0 Å². The van der Waals surface area contributed by atoms with Gasteiger partial charge in [-0.1, -0.05) is 0 Å². The number of aliphatic imine (C=N–C) groups is 1. The van der Waals surface area contributed by atoms with E-state index in [1.165, 1.54) is 7.11 Å². The van der Waals surface area contributed by atoms with Gasteiger partial charge in [0.05, 0.1) is 43.9 Å². The Morgan fingerprint density at radius 1 is 1.25 bits per heavy atom. The number of allylic oxidation sites excluding steroid dienone is 1. The summed E-state index contributed by atoms with van der Waals surface area (Å²) in [5, 5.41) is 70.1. The lowest BCUT2D eigenvalue weighted by Crippen LogP contribution is -2.49. The number of ether oxygens (including phenoxy) is 3. The molecule has 0 spiro atoms. The van der Waals surface area contributed by atoms with Gasteiger partial charge >= 0.3 is 11.9 Å². The maximum atomic E-state index is 11.3. The highest BCUT2D eigenvalue weighted by molar-refractivity contribution is 6.01. The number of methoxy groups -OCH3 is 1. The Bertz CT molecular complexity index is 756. The van der Waals surface area contributed by atoms with E-state index in [1.807, 2.05) is 0 Å². The third-order valence-corrected chi connectivity index (χ3v) is 4.99. The molecule has 32 heavy (non-hydrogen) atoms. The number of aliphatic hydroxyl groups is 5. The van der Waals surface area contributed by atoms with Crippen LogP contribution in [0.1, 0.15) is 12.8 Å². The molecule has 0 aromatic carbocycles. The number of carbonyl (C=O) groups is 2. The highest BCUT2D eigenvalue weighted by Crippen LogP contribution is 2.33. The molecule has 1 heterocycles. The van der Waals surface area contributed by atoms with Crippen LogP contribution < -0.4 is 5.32 Å². The van der Waals surface area contributed by atoms with Crippen LogP contribution in [0.2, 0.25) is 0 Å². The summed E-state index contributed by atoms with van der Waals surface area (Å²) >= 11 is 0. The second-order valence-electron chi connectivity index (χ2n) is 7.48. The number of aliphatic hydroxyl groups excluding tert-OH is 4. The standard InChI is InChI=1S/C18H28N2O12/c1-30-15-8(19-4-12(23)24)2-18(29,3-9(15)20-10(5-21)16(27)28)7-31-17-14(26)13(25)11(6-22)32-17/h10-11,13-14,17,20-22,25-26,29H,2-7H2,1H3,(H,23,24)(H,27,28)/t10?,11?,13?,14?,17?,18-/m0/s1. The number of nitrogens with zero attached hydrogens (tertiary/aromatic N) is 1. The van der Waals surface area contributed by atoms with Crippen LogP contribution in [0.3, 0.4) is 0 Å². The zero-order valence-corrected chi connectivity index (χ0v) is 17.2. The summed E-state index contributed by atoms with van der Waals surface area (Å²) in [7, 11) is 1.25. The molecule has 1 fully saturated rings. The van der Waals surface area contributed by atoms with Crippen molar-refractivity contribution in [3.63, 3.8) is 0 Å². The summed E-state index contributed by atoms with van der Waals surface area (Å²) < 4.78 is 15.9. The Balaban J connectivity index is 2.27. The van der Waals surface area contributed by atoms with Crippen LogP contribution in [0.5, 0.6) is 0 Å². The number of hydrogen-bond donors (Lipinski definition) is 8. The van der Waals surface area contributed by atoms with E-state index in [-0.39, 0.29) is 30.0 Å². The van der Waals surface area contributed by atoms with Crippen molar-refractivity contribution in [1.29, 1.82) is 0 Å². The maximum absolute atomic E-state index is 11.3. The van der Waals surface area contributed by atoms with Gasteiger partial charge in [-0.25, -0.2) is 4.79 Å². The molecule has 5 unspecified atom stereocenters. The van der Waals surface area contributed by atoms with Crippen LogP contribution in [0.25, 0.3) is 0 Å². The van der Waals surface area contributed by atoms with Crippen molar-refractivity contribution in [2.45, 2.75) is 49.1 Å². The molecule has 0 aromatic rings. The normalized spacial score (nSPS) is 32.8. The Labute approximate surface area is 182 Å². The third-order valence-electron chi connectivity index (χ3n) is 4.99. The quantitative estimate of drug-likeness (QED) is 0.148. The zero-order valence-electron chi connectivity index (χ0n) is 17.2. The van der Waals surface area contributed by atoms with Crippen molar-refractivity contribution in [3.05, 3.63) is 11.5 Å². The molecule has 14 heteroatoms. The molecule has 6 atom stereocenters. The molecule has 0 amide bonds. The second kappa shape index (κ2) is 11.0. The molecule has 0 radical (unpaired) electrons. The predicted octanol–water partition coefficient (Wildman–Crippen LogP) is -3.61. The van der Waals surface area contributed by atoms with Crippen LogP contribution in [0.15, 0.2) is 16.4 Å². The van der Waals surface area contributed by atoms with Crippen molar-refractivity contribution in [2.24, 2.45) is 4.99 Å². The number of carboxylic acids is 2. The number of carboxylic acid groups (broad SMARTS) is 2. The van der Waals surface area contributed by atoms with Gasteiger partial charge in [-0.2, -0.15) is 0 Å². The maximum Gasteiger partial charge on any atom is 0.328 e. The molecule has 8 N–H and O–H groups in total. The lowest BCUT2D eigenvalue weighted by Gasteiger charge is -2.36. The largest absolute Gasteiger partial charge is 0.493 e. The molecule has 2 aliphatic rings. The van der Waals surface area contributed by atoms with Crippen LogP contribution in [0.4, 0.5) is 0 Å². The van der Waals surface area contributed by atoms with Gasteiger partial charge in [0.2, 0.25) is 0 Å². The smallest absolute Gasteiger partial charge is 0.328 e. The SMILES string of the molecule is COC1=C(NC(CO)C(=O)O)C[C@](O)(COC2OC(CO)C(O)C2O)CC1=NCC(=O)O. The van der Waals surface area contributed by atoms with Crippen molar-refractivity contribution >= 4 is 17.7 Å². The van der Waals surface area contributed by atoms with Crippen molar-refractivity contribution in [3.8, 4) is 0 Å². The van der Waals surface area contributed by atoms with Gasteiger partial charge < -0.3 is 55.3 Å². The monoisotopic (exact) mass is 464 g/mol. The fraction of sp³-hybridized carbons (Fsp3) is 0.722. The van der Waals surface area contributed by atoms with E-state index in [9.17, 15) is 35.1 Å². The molecule has 182 valence electrons. The first-order chi connectivity index (χ1) is 15.0. The lowest BCUT2D eigenvalue weighted by molar-refractivity contribution is -0.195. The summed E-state index contributed by atoms with van der Waals surface area (Å²) in [4.78, 5) is 26.2. The van der Waals surface area contributed by atoms with E-state index in [2.05, 4.69) is 10.3 Å². The van der Waals surface area contributed by atoms with Gasteiger partial charge in [0.15, 0.2) is 12.0 Å². The third kappa shape index (κ3) is 6.13. The number of rotatable bonds is 11. The molecular formula is C18H28N2O12. The van der Waals surface area contributed by atoms with Crippen molar-refractivity contribution in [1.82, 2.24) is 5.32 Å². The molecule has 0 aromatic heterocycles. The predicted molar refractivity (Wildman–Crippen MR) is 104 cm³/mol. The molecular weight excluding hydrogens is 436 g/mol. The molecule has 1 saturated heterocycles. The molecule has 2 rings (SSSR count). The number of nitrogens with one attached hydrogen (secondary N) is 1. The molecule has 1 aliphatic carbocycles. The van der Waals surface area contributed by atoms with Gasteiger partial charge in [-0.15, -0.1) is 0 Å². The molecule has 0 bridgehead atoms. The number of aliphatic carboxylic acids is 2. The van der Waals surface area contributed by atoms with E-state index in [4.69, 9.17) is 24.4 Å². The Hall–Kier alpha value is -2.33. The Kier molecular flexibility index (Phi) is 8.91. The van der Waals surface area contributed by atoms with E-state index >= 15 is 0 Å². The lowest BCUT2D eigenvalue weighted by atomic mass is 9.85. The summed E-state index contributed by atoms with van der Waals surface area (Å²) in [6.07, 6.45) is -5.85. The minimum Gasteiger partial charge on any atom is -0.493 e. The van der Waals surface area contributed by atoms with Crippen molar-refractivity contribution < 1.29 is 59.5 Å². The summed E-state index contributed by atoms with van der Waals surface area (Å²) in [6, 6.07) is -1.44. The number of hydrogen-bond acceptors (Lipinski definition) is 12. The summed E-state index contributed by atoms with van der Waals surface area (Å²) in [5.41, 5.74) is -1.72. The van der Waals surface area contributed by atoms with Crippen LogP contribution in [-0.4, -0.2) is 123 Å². The first-order valence-corrected chi connectivity index (χ1v) is 9.64. The van der Waals surface area contributed by atoms with E-state index in [0.717, 1.165) is 0 Å². The first-order valence-electron chi connectivity index (χ1n) is 9.64. The summed E-state index contributed by atoms with van der Waals surface area (Å²) in [6.45, 7) is -2.50. The van der Waals surface area contributed by atoms with Crippen LogP contribution in [-0.2, 0) is 23.8 Å².